The summed E-state index contributed by atoms with van der Waals surface area (Å²) in [5, 5.41) is 5.07. The molecule has 2 aromatic rings. The Labute approximate surface area is 147 Å². The van der Waals surface area contributed by atoms with Crippen LogP contribution in [0.4, 0.5) is 0 Å². The molecule has 0 amide bonds. The molecule has 1 aromatic heterocycles. The molecule has 1 aliphatic carbocycles. The Morgan fingerprint density at radius 1 is 1.12 bits per heavy atom. The van der Waals surface area contributed by atoms with Gasteiger partial charge in [-0.2, -0.15) is 4.98 Å². The second-order valence-electron chi connectivity index (χ2n) is 7.65. The Bertz CT molecular complexity index is 739. The fraction of sp³-hybridized carbons (Fsp3) is 0.579. The van der Waals surface area contributed by atoms with E-state index in [1.165, 1.54) is 31.2 Å². The zero-order chi connectivity index (χ0) is 16.3. The van der Waals surface area contributed by atoms with Gasteiger partial charge >= 0.3 is 0 Å². The molecule has 1 aromatic carbocycles. The summed E-state index contributed by atoms with van der Waals surface area (Å²) in [7, 11) is 2.26. The van der Waals surface area contributed by atoms with Crippen LogP contribution in [-0.4, -0.2) is 34.2 Å². The molecule has 3 fully saturated rings. The van der Waals surface area contributed by atoms with E-state index in [0.29, 0.717) is 23.9 Å². The number of halogens is 1. The van der Waals surface area contributed by atoms with Crippen molar-refractivity contribution in [3.8, 4) is 0 Å². The lowest BCUT2D eigenvalue weighted by Crippen LogP contribution is -2.44. The highest BCUT2D eigenvalue weighted by Crippen LogP contribution is 2.51. The third-order valence-corrected chi connectivity index (χ3v) is 6.50. The second kappa shape index (κ2) is 5.57. The number of piperidine rings is 1. The van der Waals surface area contributed by atoms with Crippen LogP contribution in [-0.2, 0) is 0 Å². The highest BCUT2D eigenvalue weighted by molar-refractivity contribution is 6.30. The Kier molecular flexibility index (Phi) is 3.46. The van der Waals surface area contributed by atoms with Gasteiger partial charge in [0.15, 0.2) is 5.82 Å². The van der Waals surface area contributed by atoms with Gasteiger partial charge in [-0.3, -0.25) is 4.90 Å². The molecule has 4 unspecified atom stereocenters. The van der Waals surface area contributed by atoms with Gasteiger partial charge in [0.25, 0.3) is 0 Å². The van der Waals surface area contributed by atoms with Crippen LogP contribution in [0.15, 0.2) is 28.8 Å². The van der Waals surface area contributed by atoms with Gasteiger partial charge in [0.05, 0.1) is 5.92 Å². The van der Waals surface area contributed by atoms with Gasteiger partial charge in [-0.05, 0) is 62.8 Å². The van der Waals surface area contributed by atoms with E-state index >= 15 is 0 Å². The van der Waals surface area contributed by atoms with Crippen molar-refractivity contribution in [3.63, 3.8) is 0 Å². The standard InChI is InChI=1S/C19H22ClN3O/c1-23-14-8-9-16(23)17(19-21-18(22-24-19)12-2-3-12)15(10-14)11-4-6-13(20)7-5-11/h4-7,12,14-17H,2-3,8-10H2,1H3. The highest BCUT2D eigenvalue weighted by atomic mass is 35.5. The second-order valence-corrected chi connectivity index (χ2v) is 8.09. The van der Waals surface area contributed by atoms with Crippen molar-refractivity contribution >= 4 is 11.6 Å². The summed E-state index contributed by atoms with van der Waals surface area (Å²) >= 11 is 6.09. The van der Waals surface area contributed by atoms with Crippen LogP contribution in [0.25, 0.3) is 0 Å². The van der Waals surface area contributed by atoms with Crippen LogP contribution >= 0.6 is 11.6 Å². The summed E-state index contributed by atoms with van der Waals surface area (Å²) in [6.07, 6.45) is 6.05. The van der Waals surface area contributed by atoms with Gasteiger partial charge in [0.1, 0.15) is 0 Å². The zero-order valence-corrected chi connectivity index (χ0v) is 14.6. The number of fused-ring (bicyclic) bond motifs is 2. The first-order valence-electron chi connectivity index (χ1n) is 9.01. The minimum absolute atomic E-state index is 0.287. The number of benzene rings is 1. The van der Waals surface area contributed by atoms with Crippen LogP contribution < -0.4 is 0 Å². The van der Waals surface area contributed by atoms with Crippen molar-refractivity contribution in [3.05, 3.63) is 46.6 Å². The molecular weight excluding hydrogens is 322 g/mol. The summed E-state index contributed by atoms with van der Waals surface area (Å²) in [6, 6.07) is 9.50. The van der Waals surface area contributed by atoms with E-state index < -0.39 is 0 Å². The normalized spacial score (nSPS) is 33.1. The molecule has 5 rings (SSSR count). The van der Waals surface area contributed by atoms with E-state index in [0.717, 1.165) is 23.2 Å². The van der Waals surface area contributed by atoms with E-state index in [9.17, 15) is 0 Å². The summed E-state index contributed by atoms with van der Waals surface area (Å²) in [5.74, 6) is 3.02. The molecule has 126 valence electrons. The molecule has 1 saturated carbocycles. The first kappa shape index (κ1) is 14.9. The summed E-state index contributed by atoms with van der Waals surface area (Å²) in [6.45, 7) is 0. The maximum absolute atomic E-state index is 6.09. The molecule has 3 aliphatic rings. The van der Waals surface area contributed by atoms with E-state index in [4.69, 9.17) is 21.1 Å². The first-order valence-corrected chi connectivity index (χ1v) is 9.39. The van der Waals surface area contributed by atoms with E-state index in [1.54, 1.807) is 0 Å². The summed E-state index contributed by atoms with van der Waals surface area (Å²) in [5.41, 5.74) is 1.35. The molecule has 0 radical (unpaired) electrons. The zero-order valence-electron chi connectivity index (χ0n) is 13.9. The van der Waals surface area contributed by atoms with Crippen molar-refractivity contribution < 1.29 is 4.52 Å². The summed E-state index contributed by atoms with van der Waals surface area (Å²) < 4.78 is 5.77. The third-order valence-electron chi connectivity index (χ3n) is 6.25. The molecule has 3 heterocycles. The maximum Gasteiger partial charge on any atom is 0.231 e. The Morgan fingerprint density at radius 2 is 1.92 bits per heavy atom. The molecule has 0 spiro atoms. The Morgan fingerprint density at radius 3 is 2.67 bits per heavy atom. The van der Waals surface area contributed by atoms with Gasteiger partial charge in [0.2, 0.25) is 5.89 Å². The Hall–Kier alpha value is -1.39. The quantitative estimate of drug-likeness (QED) is 0.831. The van der Waals surface area contributed by atoms with Crippen LogP contribution in [0, 0.1) is 0 Å². The van der Waals surface area contributed by atoms with E-state index in [-0.39, 0.29) is 5.92 Å². The number of likely N-dealkylation sites (N-methyl/N-ethyl adjacent to an activating group) is 1. The number of hydrogen-bond donors (Lipinski definition) is 0. The van der Waals surface area contributed by atoms with Crippen LogP contribution in [0.5, 0.6) is 0 Å². The van der Waals surface area contributed by atoms with Crippen LogP contribution in [0.1, 0.15) is 67.1 Å². The van der Waals surface area contributed by atoms with Gasteiger partial charge in [-0.25, -0.2) is 0 Å². The van der Waals surface area contributed by atoms with Crippen LogP contribution in [0.2, 0.25) is 5.02 Å². The molecule has 4 nitrogen and oxygen atoms in total. The molecule has 24 heavy (non-hydrogen) atoms. The van der Waals surface area contributed by atoms with Crippen LogP contribution in [0.3, 0.4) is 0 Å². The lowest BCUT2D eigenvalue weighted by molar-refractivity contribution is 0.120. The van der Waals surface area contributed by atoms with E-state index in [1.807, 2.05) is 12.1 Å². The first-order chi connectivity index (χ1) is 11.7. The number of hydrogen-bond acceptors (Lipinski definition) is 4. The molecule has 2 aliphatic heterocycles. The molecular formula is C19H22ClN3O. The van der Waals surface area contributed by atoms with Gasteiger partial charge in [0, 0.05) is 23.0 Å². The Balaban J connectivity index is 1.54. The molecule has 4 atom stereocenters. The summed E-state index contributed by atoms with van der Waals surface area (Å²) in [4.78, 5) is 7.35. The van der Waals surface area contributed by atoms with Crippen molar-refractivity contribution in [2.24, 2.45) is 0 Å². The average molecular weight is 344 g/mol. The fourth-order valence-electron chi connectivity index (χ4n) is 4.75. The maximum atomic E-state index is 6.09. The van der Waals surface area contributed by atoms with Crippen molar-refractivity contribution in [2.45, 2.75) is 61.9 Å². The van der Waals surface area contributed by atoms with Gasteiger partial charge < -0.3 is 4.52 Å². The molecule has 0 N–H and O–H groups in total. The van der Waals surface area contributed by atoms with Crippen molar-refractivity contribution in [1.82, 2.24) is 15.0 Å². The van der Waals surface area contributed by atoms with Crippen molar-refractivity contribution in [2.75, 3.05) is 7.05 Å². The SMILES string of the molecule is CN1C2CCC1C(c1nc(C3CC3)no1)C(c1ccc(Cl)cc1)C2. The monoisotopic (exact) mass is 343 g/mol. The number of aromatic nitrogens is 2. The lowest BCUT2D eigenvalue weighted by atomic mass is 9.76. The fourth-order valence-corrected chi connectivity index (χ4v) is 4.87. The molecule has 2 saturated heterocycles. The smallest absolute Gasteiger partial charge is 0.231 e. The minimum atomic E-state index is 0.287. The van der Waals surface area contributed by atoms with Gasteiger partial charge in [-0.1, -0.05) is 28.9 Å². The van der Waals surface area contributed by atoms with Gasteiger partial charge in [-0.15, -0.1) is 0 Å². The average Bonchev–Trinajstić information content (AvgIpc) is 3.28. The van der Waals surface area contributed by atoms with Crippen molar-refractivity contribution in [1.29, 1.82) is 0 Å². The lowest BCUT2D eigenvalue weighted by Gasteiger charge is -2.41. The topological polar surface area (TPSA) is 42.2 Å². The predicted molar refractivity (Wildman–Crippen MR) is 92.4 cm³/mol. The predicted octanol–water partition coefficient (Wildman–Crippen LogP) is 4.33. The number of rotatable bonds is 3. The molecule has 2 bridgehead atoms. The largest absolute Gasteiger partial charge is 0.339 e. The number of nitrogens with zero attached hydrogens (tertiary/aromatic N) is 3. The minimum Gasteiger partial charge on any atom is -0.339 e. The highest BCUT2D eigenvalue weighted by Gasteiger charge is 2.49. The third kappa shape index (κ3) is 2.39. The molecule has 5 heteroatoms. The van der Waals surface area contributed by atoms with E-state index in [2.05, 4.69) is 29.2 Å².